The fourth-order valence-corrected chi connectivity index (χ4v) is 3.99. The fourth-order valence-electron chi connectivity index (χ4n) is 3.25. The number of hydrogen-bond donors (Lipinski definition) is 1. The van der Waals surface area contributed by atoms with Gasteiger partial charge < -0.3 is 15.1 Å². The maximum atomic E-state index is 12.7. The predicted octanol–water partition coefficient (Wildman–Crippen LogP) is 4.29. The standard InChI is InChI=1S/C19H24F3N5S.HI/c1-13-5-4-6-15(14(13)2)26-7-9-27(10-8-26)18(23-3)24-11-17-25-16(12-28-17)19(20,21)22;/h4-6,12H,7-11H2,1-3H3,(H,23,24);1H. The lowest BCUT2D eigenvalue weighted by Crippen LogP contribution is -2.52. The highest BCUT2D eigenvalue weighted by molar-refractivity contribution is 14.0. The first-order chi connectivity index (χ1) is 13.3. The fraction of sp³-hybridized carbons (Fsp3) is 0.474. The molecule has 160 valence electrons. The molecule has 1 aromatic carbocycles. The van der Waals surface area contributed by atoms with Crippen LogP contribution in [0.3, 0.4) is 0 Å². The lowest BCUT2D eigenvalue weighted by Gasteiger charge is -2.38. The molecule has 1 aliphatic rings. The molecule has 2 aromatic rings. The number of rotatable bonds is 3. The zero-order chi connectivity index (χ0) is 20.3. The largest absolute Gasteiger partial charge is 0.434 e. The van der Waals surface area contributed by atoms with Crippen LogP contribution in [-0.4, -0.2) is 49.1 Å². The van der Waals surface area contributed by atoms with E-state index in [0.29, 0.717) is 11.0 Å². The highest BCUT2D eigenvalue weighted by atomic mass is 127. The van der Waals surface area contributed by atoms with Gasteiger partial charge in [-0.25, -0.2) is 4.98 Å². The molecule has 3 rings (SSSR count). The smallest absolute Gasteiger partial charge is 0.368 e. The molecule has 0 aliphatic carbocycles. The van der Waals surface area contributed by atoms with Gasteiger partial charge in [0.25, 0.3) is 0 Å². The first kappa shape index (κ1) is 23.7. The van der Waals surface area contributed by atoms with Crippen LogP contribution in [0, 0.1) is 13.8 Å². The van der Waals surface area contributed by atoms with E-state index in [1.807, 2.05) is 0 Å². The minimum absolute atomic E-state index is 0. The minimum Gasteiger partial charge on any atom is -0.368 e. The number of hydrogen-bond acceptors (Lipinski definition) is 4. The second-order valence-electron chi connectivity index (χ2n) is 6.72. The van der Waals surface area contributed by atoms with Crippen molar-refractivity contribution in [2.24, 2.45) is 4.99 Å². The molecule has 0 saturated carbocycles. The van der Waals surface area contributed by atoms with E-state index in [1.54, 1.807) is 7.05 Å². The number of aromatic nitrogens is 1. The summed E-state index contributed by atoms with van der Waals surface area (Å²) in [5, 5.41) is 4.57. The number of guanidine groups is 1. The quantitative estimate of drug-likeness (QED) is 0.359. The molecule has 1 aromatic heterocycles. The van der Waals surface area contributed by atoms with E-state index < -0.39 is 11.9 Å². The molecule has 0 amide bonds. The maximum Gasteiger partial charge on any atom is 0.434 e. The lowest BCUT2D eigenvalue weighted by atomic mass is 10.1. The average molecular weight is 539 g/mol. The van der Waals surface area contributed by atoms with E-state index in [2.05, 4.69) is 57.1 Å². The number of aryl methyl sites for hydroxylation is 1. The molecular weight excluding hydrogens is 514 g/mol. The normalized spacial score (nSPS) is 15.3. The summed E-state index contributed by atoms with van der Waals surface area (Å²) in [5.41, 5.74) is 2.98. The number of piperazine rings is 1. The summed E-state index contributed by atoms with van der Waals surface area (Å²) >= 11 is 1.00. The Morgan fingerprint density at radius 3 is 2.48 bits per heavy atom. The van der Waals surface area contributed by atoms with Crippen LogP contribution in [0.5, 0.6) is 0 Å². The van der Waals surface area contributed by atoms with Crippen molar-refractivity contribution >= 4 is 47.0 Å². The van der Waals surface area contributed by atoms with Gasteiger partial charge in [-0.05, 0) is 31.0 Å². The van der Waals surface area contributed by atoms with Crippen molar-refractivity contribution in [2.45, 2.75) is 26.6 Å². The van der Waals surface area contributed by atoms with Gasteiger partial charge in [0.2, 0.25) is 0 Å². The Labute approximate surface area is 190 Å². The van der Waals surface area contributed by atoms with Crippen LogP contribution in [0.25, 0.3) is 0 Å². The molecule has 29 heavy (non-hydrogen) atoms. The summed E-state index contributed by atoms with van der Waals surface area (Å²) in [5.74, 6) is 0.685. The van der Waals surface area contributed by atoms with Crippen molar-refractivity contribution in [3.8, 4) is 0 Å². The number of benzene rings is 1. The average Bonchev–Trinajstić information content (AvgIpc) is 3.15. The van der Waals surface area contributed by atoms with E-state index in [-0.39, 0.29) is 30.5 Å². The third kappa shape index (κ3) is 5.74. The maximum absolute atomic E-state index is 12.7. The number of nitrogens with zero attached hydrogens (tertiary/aromatic N) is 4. The van der Waals surface area contributed by atoms with Gasteiger partial charge >= 0.3 is 6.18 Å². The summed E-state index contributed by atoms with van der Waals surface area (Å²) in [6, 6.07) is 6.34. The molecule has 1 fully saturated rings. The Morgan fingerprint density at radius 1 is 1.21 bits per heavy atom. The van der Waals surface area contributed by atoms with Crippen LogP contribution in [0.2, 0.25) is 0 Å². The van der Waals surface area contributed by atoms with Gasteiger partial charge in [0.15, 0.2) is 11.7 Å². The lowest BCUT2D eigenvalue weighted by molar-refractivity contribution is -0.140. The predicted molar refractivity (Wildman–Crippen MR) is 122 cm³/mol. The minimum atomic E-state index is -4.40. The number of aliphatic imine (C=N–C) groups is 1. The van der Waals surface area contributed by atoms with Crippen LogP contribution < -0.4 is 10.2 Å². The molecule has 0 atom stereocenters. The van der Waals surface area contributed by atoms with Crippen LogP contribution >= 0.6 is 35.3 Å². The molecule has 0 bridgehead atoms. The van der Waals surface area contributed by atoms with Crippen molar-refractivity contribution < 1.29 is 13.2 Å². The van der Waals surface area contributed by atoms with Gasteiger partial charge in [0.05, 0.1) is 6.54 Å². The Bertz CT molecular complexity index is 845. The van der Waals surface area contributed by atoms with E-state index in [9.17, 15) is 13.2 Å². The van der Waals surface area contributed by atoms with E-state index in [0.717, 1.165) is 42.9 Å². The Balaban J connectivity index is 0.00000300. The van der Waals surface area contributed by atoms with Gasteiger partial charge in [-0.1, -0.05) is 12.1 Å². The van der Waals surface area contributed by atoms with Crippen LogP contribution in [0.4, 0.5) is 18.9 Å². The van der Waals surface area contributed by atoms with Gasteiger partial charge in [-0.3, -0.25) is 4.99 Å². The van der Waals surface area contributed by atoms with Crippen molar-refractivity contribution in [2.75, 3.05) is 38.1 Å². The number of halogens is 4. The van der Waals surface area contributed by atoms with E-state index in [1.165, 1.54) is 16.8 Å². The van der Waals surface area contributed by atoms with Crippen LogP contribution in [-0.2, 0) is 12.7 Å². The monoisotopic (exact) mass is 539 g/mol. The third-order valence-electron chi connectivity index (χ3n) is 4.95. The molecule has 1 saturated heterocycles. The highest BCUT2D eigenvalue weighted by Crippen LogP contribution is 2.30. The molecular formula is C19H25F3IN5S. The first-order valence-corrected chi connectivity index (χ1v) is 9.96. The van der Waals surface area contributed by atoms with Crippen molar-refractivity contribution in [3.05, 3.63) is 45.4 Å². The Kier molecular flexibility index (Phi) is 8.15. The van der Waals surface area contributed by atoms with Crippen LogP contribution in [0.15, 0.2) is 28.6 Å². The number of anilines is 1. The summed E-state index contributed by atoms with van der Waals surface area (Å²) in [6.45, 7) is 7.79. The zero-order valence-electron chi connectivity index (χ0n) is 16.6. The van der Waals surface area contributed by atoms with E-state index in [4.69, 9.17) is 0 Å². The molecule has 1 aliphatic heterocycles. The summed E-state index contributed by atoms with van der Waals surface area (Å²) in [7, 11) is 1.68. The second-order valence-corrected chi connectivity index (χ2v) is 7.66. The van der Waals surface area contributed by atoms with E-state index >= 15 is 0 Å². The molecule has 10 heteroatoms. The van der Waals surface area contributed by atoms with Gasteiger partial charge in [0, 0.05) is 44.3 Å². The third-order valence-corrected chi connectivity index (χ3v) is 5.80. The van der Waals surface area contributed by atoms with Crippen LogP contribution in [0.1, 0.15) is 21.8 Å². The highest BCUT2D eigenvalue weighted by Gasteiger charge is 2.33. The van der Waals surface area contributed by atoms with Crippen molar-refractivity contribution in [1.82, 2.24) is 15.2 Å². The molecule has 0 spiro atoms. The zero-order valence-corrected chi connectivity index (χ0v) is 19.7. The van der Waals surface area contributed by atoms with Gasteiger partial charge in [-0.15, -0.1) is 35.3 Å². The molecule has 5 nitrogen and oxygen atoms in total. The molecule has 0 radical (unpaired) electrons. The SMILES string of the molecule is CN=C(NCc1nc(C(F)(F)F)cs1)N1CCN(c2cccc(C)c2C)CC1.I. The second kappa shape index (κ2) is 9.96. The number of nitrogens with one attached hydrogen (secondary N) is 1. The summed E-state index contributed by atoms with van der Waals surface area (Å²) in [4.78, 5) is 12.4. The first-order valence-electron chi connectivity index (χ1n) is 9.08. The summed E-state index contributed by atoms with van der Waals surface area (Å²) < 4.78 is 38.0. The molecule has 0 unspecified atom stereocenters. The number of thiazole rings is 1. The topological polar surface area (TPSA) is 43.8 Å². The molecule has 2 heterocycles. The molecule has 1 N–H and O–H groups in total. The van der Waals surface area contributed by atoms with Crippen molar-refractivity contribution in [3.63, 3.8) is 0 Å². The summed E-state index contributed by atoms with van der Waals surface area (Å²) in [6.07, 6.45) is -4.40. The van der Waals surface area contributed by atoms with Gasteiger partial charge in [0.1, 0.15) is 5.01 Å². The Hall–Kier alpha value is -1.56. The van der Waals surface area contributed by atoms with Crippen molar-refractivity contribution in [1.29, 1.82) is 0 Å². The Morgan fingerprint density at radius 2 is 1.90 bits per heavy atom. The number of alkyl halides is 3. The van der Waals surface area contributed by atoms with Gasteiger partial charge in [-0.2, -0.15) is 13.2 Å².